The number of hydrogen-bond donors (Lipinski definition) is 1. The highest BCUT2D eigenvalue weighted by Gasteiger charge is 1.86. The van der Waals surface area contributed by atoms with Gasteiger partial charge in [0.15, 0.2) is 0 Å². The normalized spacial score (nSPS) is 13.7. The summed E-state index contributed by atoms with van der Waals surface area (Å²) in [5.41, 5.74) is 1.06. The molecule has 0 aromatic heterocycles. The van der Waals surface area contributed by atoms with Crippen LogP contribution in [-0.4, -0.2) is 11.7 Å². The van der Waals surface area contributed by atoms with Crippen molar-refractivity contribution in [3.63, 3.8) is 0 Å². The van der Waals surface area contributed by atoms with E-state index in [1.807, 2.05) is 13.8 Å². The standard InChI is InChI=1S/C5H9IO/c1-4(3-7)5(2)6/h7H,3H2,1-2H3/b5-4-. The van der Waals surface area contributed by atoms with Gasteiger partial charge in [-0.25, -0.2) is 0 Å². The summed E-state index contributed by atoms with van der Waals surface area (Å²) in [6.07, 6.45) is 0. The number of aliphatic hydroxyl groups excluding tert-OH is 1. The highest BCUT2D eigenvalue weighted by molar-refractivity contribution is 14.1. The molecule has 0 radical (unpaired) electrons. The van der Waals surface area contributed by atoms with E-state index in [1.54, 1.807) is 0 Å². The lowest BCUT2D eigenvalue weighted by Gasteiger charge is -1.92. The van der Waals surface area contributed by atoms with Crippen LogP contribution in [0.4, 0.5) is 0 Å². The summed E-state index contributed by atoms with van der Waals surface area (Å²) in [6, 6.07) is 0. The van der Waals surface area contributed by atoms with E-state index in [4.69, 9.17) is 5.11 Å². The van der Waals surface area contributed by atoms with E-state index in [1.165, 1.54) is 3.58 Å². The third-order valence-electron chi connectivity index (χ3n) is 0.825. The van der Waals surface area contributed by atoms with Crippen molar-refractivity contribution in [3.8, 4) is 0 Å². The first kappa shape index (κ1) is 7.43. The maximum absolute atomic E-state index is 8.44. The molecule has 0 aromatic rings. The lowest BCUT2D eigenvalue weighted by atomic mass is 10.3. The third-order valence-corrected chi connectivity index (χ3v) is 1.75. The van der Waals surface area contributed by atoms with Gasteiger partial charge in [0, 0.05) is 0 Å². The second-order valence-electron chi connectivity index (χ2n) is 1.47. The molecule has 1 N–H and O–H groups in total. The quantitative estimate of drug-likeness (QED) is 0.656. The van der Waals surface area contributed by atoms with Gasteiger partial charge in [0.1, 0.15) is 0 Å². The molecule has 7 heavy (non-hydrogen) atoms. The minimum atomic E-state index is 0.189. The minimum absolute atomic E-state index is 0.189. The van der Waals surface area contributed by atoms with E-state index in [9.17, 15) is 0 Å². The Morgan fingerprint density at radius 2 is 2.00 bits per heavy atom. The zero-order valence-corrected chi connectivity index (χ0v) is 6.69. The smallest absolute Gasteiger partial charge is 0.0649 e. The fourth-order valence-electron chi connectivity index (χ4n) is 0.109. The van der Waals surface area contributed by atoms with Gasteiger partial charge in [-0.2, -0.15) is 0 Å². The van der Waals surface area contributed by atoms with Crippen molar-refractivity contribution >= 4 is 22.6 Å². The summed E-state index contributed by atoms with van der Waals surface area (Å²) in [6.45, 7) is 4.09. The van der Waals surface area contributed by atoms with Gasteiger partial charge < -0.3 is 5.11 Å². The van der Waals surface area contributed by atoms with Crippen LogP contribution in [0.2, 0.25) is 0 Å². The number of hydrogen-bond acceptors (Lipinski definition) is 1. The second-order valence-corrected chi connectivity index (χ2v) is 3.09. The Morgan fingerprint density at radius 3 is 2.00 bits per heavy atom. The SMILES string of the molecule is C/C(I)=C(\C)CO. The average Bonchev–Trinajstić information content (AvgIpc) is 1.65. The predicted molar refractivity (Wildman–Crippen MR) is 39.5 cm³/mol. The molecule has 0 heterocycles. The molecular weight excluding hydrogens is 203 g/mol. The zero-order valence-electron chi connectivity index (χ0n) is 4.53. The summed E-state index contributed by atoms with van der Waals surface area (Å²) in [5.74, 6) is 0. The van der Waals surface area contributed by atoms with Crippen molar-refractivity contribution in [1.29, 1.82) is 0 Å². The number of aliphatic hydroxyl groups is 1. The molecule has 0 atom stereocenters. The van der Waals surface area contributed by atoms with Gasteiger partial charge in [0.25, 0.3) is 0 Å². The van der Waals surface area contributed by atoms with Crippen LogP contribution in [0.3, 0.4) is 0 Å². The zero-order chi connectivity index (χ0) is 5.86. The van der Waals surface area contributed by atoms with Crippen LogP contribution in [0, 0.1) is 0 Å². The van der Waals surface area contributed by atoms with Crippen LogP contribution in [0.25, 0.3) is 0 Å². The highest BCUT2D eigenvalue weighted by atomic mass is 127. The molecule has 0 aliphatic rings. The van der Waals surface area contributed by atoms with Crippen molar-refractivity contribution in [3.05, 3.63) is 9.15 Å². The minimum Gasteiger partial charge on any atom is -0.392 e. The van der Waals surface area contributed by atoms with Gasteiger partial charge in [-0.3, -0.25) is 0 Å². The van der Waals surface area contributed by atoms with Crippen LogP contribution in [-0.2, 0) is 0 Å². The molecule has 0 unspecified atom stereocenters. The maximum atomic E-state index is 8.44. The van der Waals surface area contributed by atoms with Crippen molar-refractivity contribution in [2.45, 2.75) is 13.8 Å². The van der Waals surface area contributed by atoms with Crippen LogP contribution in [0.1, 0.15) is 13.8 Å². The second kappa shape index (κ2) is 3.43. The van der Waals surface area contributed by atoms with Gasteiger partial charge in [-0.05, 0) is 45.6 Å². The molecule has 0 amide bonds. The lowest BCUT2D eigenvalue weighted by molar-refractivity contribution is 0.331. The molecular formula is C5H9IO. The van der Waals surface area contributed by atoms with E-state index < -0.39 is 0 Å². The van der Waals surface area contributed by atoms with E-state index in [-0.39, 0.29) is 6.61 Å². The summed E-state index contributed by atoms with van der Waals surface area (Å²) >= 11 is 2.19. The molecule has 2 heteroatoms. The number of allylic oxidation sites excluding steroid dienone is 1. The molecule has 0 aliphatic carbocycles. The molecule has 42 valence electrons. The van der Waals surface area contributed by atoms with Crippen LogP contribution >= 0.6 is 22.6 Å². The summed E-state index contributed by atoms with van der Waals surface area (Å²) < 4.78 is 1.18. The Morgan fingerprint density at radius 1 is 1.57 bits per heavy atom. The Kier molecular flexibility index (Phi) is 3.65. The van der Waals surface area contributed by atoms with Crippen LogP contribution < -0.4 is 0 Å². The molecule has 0 aromatic carbocycles. The third kappa shape index (κ3) is 3.05. The molecule has 0 spiro atoms. The Hall–Kier alpha value is 0.430. The van der Waals surface area contributed by atoms with Crippen molar-refractivity contribution in [2.24, 2.45) is 0 Å². The molecule has 0 saturated carbocycles. The van der Waals surface area contributed by atoms with Gasteiger partial charge in [-0.15, -0.1) is 0 Å². The Labute approximate surface area is 57.6 Å². The molecule has 0 rings (SSSR count). The lowest BCUT2D eigenvalue weighted by Crippen LogP contribution is -1.83. The van der Waals surface area contributed by atoms with Gasteiger partial charge in [0.2, 0.25) is 0 Å². The Bertz CT molecular complexity index is 82.1. The van der Waals surface area contributed by atoms with E-state index in [2.05, 4.69) is 22.6 Å². The largest absolute Gasteiger partial charge is 0.392 e. The maximum Gasteiger partial charge on any atom is 0.0649 e. The van der Waals surface area contributed by atoms with E-state index in [0.29, 0.717) is 0 Å². The van der Waals surface area contributed by atoms with Gasteiger partial charge >= 0.3 is 0 Å². The summed E-state index contributed by atoms with van der Waals surface area (Å²) in [5, 5.41) is 8.44. The summed E-state index contributed by atoms with van der Waals surface area (Å²) in [7, 11) is 0. The number of halogens is 1. The number of rotatable bonds is 1. The van der Waals surface area contributed by atoms with Crippen LogP contribution in [0.15, 0.2) is 9.15 Å². The van der Waals surface area contributed by atoms with Crippen molar-refractivity contribution in [1.82, 2.24) is 0 Å². The van der Waals surface area contributed by atoms with E-state index >= 15 is 0 Å². The first-order chi connectivity index (χ1) is 3.18. The summed E-state index contributed by atoms with van der Waals surface area (Å²) in [4.78, 5) is 0. The molecule has 0 fully saturated rings. The van der Waals surface area contributed by atoms with Gasteiger partial charge in [0.05, 0.1) is 6.61 Å². The topological polar surface area (TPSA) is 20.2 Å². The average molecular weight is 212 g/mol. The fourth-order valence-corrected chi connectivity index (χ4v) is 0.280. The van der Waals surface area contributed by atoms with E-state index in [0.717, 1.165) is 5.57 Å². The molecule has 0 aliphatic heterocycles. The molecule has 1 nitrogen and oxygen atoms in total. The Balaban J connectivity index is 3.72. The fraction of sp³-hybridized carbons (Fsp3) is 0.600. The van der Waals surface area contributed by atoms with Crippen LogP contribution in [0.5, 0.6) is 0 Å². The van der Waals surface area contributed by atoms with Crippen molar-refractivity contribution in [2.75, 3.05) is 6.61 Å². The van der Waals surface area contributed by atoms with Gasteiger partial charge in [-0.1, -0.05) is 0 Å². The first-order valence-corrected chi connectivity index (χ1v) is 3.19. The highest BCUT2D eigenvalue weighted by Crippen LogP contribution is 2.08. The first-order valence-electron chi connectivity index (χ1n) is 2.11. The van der Waals surface area contributed by atoms with Crippen molar-refractivity contribution < 1.29 is 5.11 Å². The molecule has 0 bridgehead atoms. The molecule has 0 saturated heterocycles. The monoisotopic (exact) mass is 212 g/mol. The predicted octanol–water partition coefficient (Wildman–Crippen LogP) is 1.71.